The largest absolute Gasteiger partial charge is 0.219 e. The fraction of sp³-hybridized carbons (Fsp3) is 0.273. The van der Waals surface area contributed by atoms with E-state index in [2.05, 4.69) is 0 Å². The van der Waals surface area contributed by atoms with Crippen molar-refractivity contribution in [2.75, 3.05) is 12.0 Å². The van der Waals surface area contributed by atoms with Gasteiger partial charge in [0.05, 0.1) is 9.80 Å². The SMILES string of the molecule is CSCC1=Cc2cccc(C)c2S1(=O)=O. The molecule has 0 amide bonds. The highest BCUT2D eigenvalue weighted by atomic mass is 32.2. The Bertz CT molecular complexity index is 528. The Labute approximate surface area is 94.3 Å². The van der Waals surface area contributed by atoms with Gasteiger partial charge < -0.3 is 0 Å². The fourth-order valence-electron chi connectivity index (χ4n) is 1.80. The molecule has 1 heterocycles. The molecule has 0 unspecified atom stereocenters. The average molecular weight is 240 g/mol. The molecule has 80 valence electrons. The summed E-state index contributed by atoms with van der Waals surface area (Å²) in [7, 11) is -3.20. The first-order valence-corrected chi connectivity index (χ1v) is 7.49. The number of benzene rings is 1. The summed E-state index contributed by atoms with van der Waals surface area (Å²) in [5, 5.41) is 0. The minimum Gasteiger partial charge on any atom is -0.219 e. The van der Waals surface area contributed by atoms with Crippen molar-refractivity contribution < 1.29 is 8.42 Å². The van der Waals surface area contributed by atoms with Crippen LogP contribution in [0.25, 0.3) is 6.08 Å². The lowest BCUT2D eigenvalue weighted by atomic mass is 10.1. The Kier molecular flexibility index (Phi) is 2.64. The highest BCUT2D eigenvalue weighted by Crippen LogP contribution is 2.35. The first-order chi connectivity index (χ1) is 7.07. The molecule has 0 atom stereocenters. The smallest absolute Gasteiger partial charge is 0.204 e. The summed E-state index contributed by atoms with van der Waals surface area (Å²) in [6.07, 6.45) is 3.69. The van der Waals surface area contributed by atoms with Gasteiger partial charge in [0.1, 0.15) is 0 Å². The number of rotatable bonds is 2. The van der Waals surface area contributed by atoms with Crippen LogP contribution in [-0.4, -0.2) is 20.4 Å². The molecule has 0 aromatic heterocycles. The van der Waals surface area contributed by atoms with Gasteiger partial charge in [-0.3, -0.25) is 0 Å². The van der Waals surface area contributed by atoms with Crippen LogP contribution in [0.15, 0.2) is 28.0 Å². The van der Waals surface area contributed by atoms with Gasteiger partial charge in [-0.05, 0) is 30.4 Å². The normalized spacial score (nSPS) is 17.3. The topological polar surface area (TPSA) is 34.1 Å². The van der Waals surface area contributed by atoms with Crippen LogP contribution in [0.1, 0.15) is 11.1 Å². The number of aryl methyl sites for hydroxylation is 1. The van der Waals surface area contributed by atoms with Crippen molar-refractivity contribution in [3.8, 4) is 0 Å². The molecule has 4 heteroatoms. The van der Waals surface area contributed by atoms with Gasteiger partial charge in [0, 0.05) is 5.75 Å². The molecular weight excluding hydrogens is 228 g/mol. The van der Waals surface area contributed by atoms with E-state index in [0.29, 0.717) is 15.6 Å². The Hall–Kier alpha value is -0.740. The summed E-state index contributed by atoms with van der Waals surface area (Å²) in [6, 6.07) is 5.58. The number of fused-ring (bicyclic) bond motifs is 1. The standard InChI is InChI=1S/C11H12O2S2/c1-8-4-3-5-9-6-10(7-14-2)15(12,13)11(8)9/h3-6H,7H2,1-2H3. The molecule has 2 rings (SSSR count). The predicted octanol–water partition coefficient (Wildman–Crippen LogP) is 2.49. The van der Waals surface area contributed by atoms with Crippen LogP contribution in [0.5, 0.6) is 0 Å². The van der Waals surface area contributed by atoms with Gasteiger partial charge in [-0.25, -0.2) is 8.42 Å². The van der Waals surface area contributed by atoms with Crippen LogP contribution in [0.4, 0.5) is 0 Å². The third-order valence-corrected chi connectivity index (χ3v) is 5.29. The van der Waals surface area contributed by atoms with Gasteiger partial charge in [-0.1, -0.05) is 18.2 Å². The maximum absolute atomic E-state index is 12.1. The molecule has 0 saturated carbocycles. The molecular formula is C11H12O2S2. The summed E-state index contributed by atoms with van der Waals surface area (Å²) in [5.74, 6) is 0.552. The number of hydrogen-bond acceptors (Lipinski definition) is 3. The maximum Gasteiger partial charge on any atom is 0.204 e. The molecule has 1 aliphatic rings. The molecule has 0 radical (unpaired) electrons. The molecule has 15 heavy (non-hydrogen) atoms. The van der Waals surface area contributed by atoms with E-state index in [1.54, 1.807) is 6.08 Å². The molecule has 0 N–H and O–H groups in total. The van der Waals surface area contributed by atoms with Crippen molar-refractivity contribution in [2.24, 2.45) is 0 Å². The number of hydrogen-bond donors (Lipinski definition) is 0. The van der Waals surface area contributed by atoms with E-state index in [9.17, 15) is 8.42 Å². The molecule has 0 bridgehead atoms. The second-order valence-electron chi connectivity index (χ2n) is 3.54. The second-order valence-corrected chi connectivity index (χ2v) is 6.35. The van der Waals surface area contributed by atoms with Gasteiger partial charge in [0.15, 0.2) is 0 Å². The number of thioether (sulfide) groups is 1. The zero-order chi connectivity index (χ0) is 11.1. The first kappa shape index (κ1) is 10.8. The van der Waals surface area contributed by atoms with Crippen LogP contribution < -0.4 is 0 Å². The fourth-order valence-corrected chi connectivity index (χ4v) is 4.62. The maximum atomic E-state index is 12.1. The van der Waals surface area contributed by atoms with E-state index >= 15 is 0 Å². The minimum atomic E-state index is -3.20. The second kappa shape index (κ2) is 3.68. The van der Waals surface area contributed by atoms with E-state index < -0.39 is 9.84 Å². The molecule has 0 fully saturated rings. The summed E-state index contributed by atoms with van der Waals surface area (Å²) in [5.41, 5.74) is 1.67. The third-order valence-electron chi connectivity index (χ3n) is 2.46. The molecule has 1 aliphatic heterocycles. The van der Waals surface area contributed by atoms with E-state index in [-0.39, 0.29) is 0 Å². The predicted molar refractivity (Wildman–Crippen MR) is 64.7 cm³/mol. The summed E-state index contributed by atoms with van der Waals surface area (Å²) in [6.45, 7) is 1.84. The molecule has 2 nitrogen and oxygen atoms in total. The van der Waals surface area contributed by atoms with Crippen LogP contribution in [-0.2, 0) is 9.84 Å². The summed E-state index contributed by atoms with van der Waals surface area (Å²) in [4.78, 5) is 1.02. The van der Waals surface area contributed by atoms with Crippen LogP contribution in [0.2, 0.25) is 0 Å². The average Bonchev–Trinajstić information content (AvgIpc) is 2.40. The summed E-state index contributed by atoms with van der Waals surface area (Å²) >= 11 is 1.53. The van der Waals surface area contributed by atoms with E-state index in [4.69, 9.17) is 0 Å². The number of sulfone groups is 1. The lowest BCUT2D eigenvalue weighted by molar-refractivity contribution is 0.603. The highest BCUT2D eigenvalue weighted by molar-refractivity contribution is 8.01. The summed E-state index contributed by atoms with van der Waals surface area (Å²) < 4.78 is 24.2. The van der Waals surface area contributed by atoms with Crippen molar-refractivity contribution in [3.05, 3.63) is 34.2 Å². The van der Waals surface area contributed by atoms with Crippen LogP contribution >= 0.6 is 11.8 Å². The van der Waals surface area contributed by atoms with E-state index in [1.165, 1.54) is 11.8 Å². The molecule has 0 spiro atoms. The van der Waals surface area contributed by atoms with Gasteiger partial charge in [-0.2, -0.15) is 11.8 Å². The van der Waals surface area contributed by atoms with Gasteiger partial charge in [-0.15, -0.1) is 0 Å². The Balaban J connectivity index is 2.64. The van der Waals surface area contributed by atoms with Crippen molar-refractivity contribution in [3.63, 3.8) is 0 Å². The first-order valence-electron chi connectivity index (χ1n) is 4.61. The zero-order valence-corrected chi connectivity index (χ0v) is 10.3. The van der Waals surface area contributed by atoms with Crippen molar-refractivity contribution in [2.45, 2.75) is 11.8 Å². The van der Waals surface area contributed by atoms with Gasteiger partial charge >= 0.3 is 0 Å². The van der Waals surface area contributed by atoms with Crippen molar-refractivity contribution >= 4 is 27.7 Å². The molecule has 1 aromatic carbocycles. The van der Waals surface area contributed by atoms with Crippen molar-refractivity contribution in [1.29, 1.82) is 0 Å². The van der Waals surface area contributed by atoms with Gasteiger partial charge in [0.25, 0.3) is 0 Å². The third kappa shape index (κ3) is 1.62. The monoisotopic (exact) mass is 240 g/mol. The zero-order valence-electron chi connectivity index (χ0n) is 8.65. The highest BCUT2D eigenvalue weighted by Gasteiger charge is 2.30. The molecule has 0 saturated heterocycles. The van der Waals surface area contributed by atoms with Crippen LogP contribution in [0, 0.1) is 6.92 Å². The van der Waals surface area contributed by atoms with E-state index in [1.807, 2.05) is 31.4 Å². The van der Waals surface area contributed by atoms with E-state index in [0.717, 1.165) is 11.1 Å². The Morgan fingerprint density at radius 3 is 2.67 bits per heavy atom. The minimum absolute atomic E-state index is 0.494. The van der Waals surface area contributed by atoms with Gasteiger partial charge in [0.2, 0.25) is 9.84 Å². The van der Waals surface area contributed by atoms with Crippen LogP contribution in [0.3, 0.4) is 0 Å². The molecule has 1 aromatic rings. The lowest BCUT2D eigenvalue weighted by Crippen LogP contribution is -2.04. The quantitative estimate of drug-likeness (QED) is 0.796. The van der Waals surface area contributed by atoms with Crippen molar-refractivity contribution in [1.82, 2.24) is 0 Å². The Morgan fingerprint density at radius 2 is 2.07 bits per heavy atom. The molecule has 0 aliphatic carbocycles. The Morgan fingerprint density at radius 1 is 1.33 bits per heavy atom. The lowest BCUT2D eigenvalue weighted by Gasteiger charge is -2.04.